The van der Waals surface area contributed by atoms with Gasteiger partial charge < -0.3 is 0 Å². The van der Waals surface area contributed by atoms with Gasteiger partial charge in [0.25, 0.3) is 0 Å². The second-order valence-corrected chi connectivity index (χ2v) is 21.7. The van der Waals surface area contributed by atoms with E-state index < -0.39 is 13.3 Å². The van der Waals surface area contributed by atoms with E-state index in [1.165, 1.54) is 22.3 Å². The van der Waals surface area contributed by atoms with Gasteiger partial charge in [-0.3, -0.25) is 0 Å². The van der Waals surface area contributed by atoms with E-state index in [9.17, 15) is 0 Å². The summed E-state index contributed by atoms with van der Waals surface area (Å²) >= 11 is 11.5. The van der Waals surface area contributed by atoms with Gasteiger partial charge in [-0.05, 0) is 0 Å². The summed E-state index contributed by atoms with van der Waals surface area (Å²) in [6, 6.07) is 19.6. The molecule has 0 radical (unpaired) electrons. The first-order chi connectivity index (χ1) is 23.5. The molecule has 0 spiro atoms. The maximum absolute atomic E-state index is 8.01. The predicted molar refractivity (Wildman–Crippen MR) is 210 cm³/mol. The van der Waals surface area contributed by atoms with Crippen molar-refractivity contribution in [2.24, 2.45) is 0 Å². The second kappa shape index (κ2) is 17.9. The Morgan fingerprint density at radius 1 is 0.531 bits per heavy atom. The maximum atomic E-state index is 8.01. The molecule has 0 saturated heterocycles. The van der Waals surface area contributed by atoms with Crippen LogP contribution in [0.5, 0.6) is 0 Å². The number of hydrogen-bond acceptors (Lipinski definition) is 0. The van der Waals surface area contributed by atoms with E-state index >= 15 is 0 Å². The van der Waals surface area contributed by atoms with Gasteiger partial charge in [0.1, 0.15) is 0 Å². The Kier molecular flexibility index (Phi) is 14.8. The average molecular weight is 840 g/mol. The number of halogens is 4. The standard InChI is InChI=1S/C35H50Cl2N2.C6H7N.2ClH.Pd/c1-9-24(10-2)28-19-17-20-29(25(11-3)12-4)32(28)38-23-39(35(37)34(38)36)33-30(26(13-5)14-6)21-18-22-31(33)27(15-7)16-8;1-6-4-2-3-5-7-6;;;/h17-22,24-27H,9-16H2,1-8H3;2-5H,1H3;2*1H;/q;;;;+3/p-2. The van der Waals surface area contributed by atoms with Gasteiger partial charge in [-0.15, -0.1) is 0 Å². The van der Waals surface area contributed by atoms with Crippen LogP contribution in [-0.4, -0.2) is 9.13 Å². The molecule has 0 aliphatic heterocycles. The zero-order valence-corrected chi connectivity index (χ0v) is 35.5. The van der Waals surface area contributed by atoms with Gasteiger partial charge in [-0.25, -0.2) is 0 Å². The Bertz CT molecular complexity index is 1640. The fourth-order valence-corrected chi connectivity index (χ4v) is 14.1. The van der Waals surface area contributed by atoms with E-state index in [0.717, 1.165) is 72.3 Å². The van der Waals surface area contributed by atoms with Crippen LogP contribution in [-0.2, 0) is 13.3 Å². The fourth-order valence-electron chi connectivity index (χ4n) is 7.65. The van der Waals surface area contributed by atoms with Crippen molar-refractivity contribution in [2.75, 3.05) is 0 Å². The Morgan fingerprint density at radius 3 is 1.14 bits per heavy atom. The third-order valence-corrected chi connectivity index (χ3v) is 17.3. The van der Waals surface area contributed by atoms with Crippen molar-refractivity contribution in [3.05, 3.63) is 103 Å². The molecule has 0 unspecified atom stereocenters. The zero-order chi connectivity index (χ0) is 36.0. The average Bonchev–Trinajstić information content (AvgIpc) is 3.37. The molecule has 0 saturated carbocycles. The predicted octanol–water partition coefficient (Wildman–Crippen LogP) is 14.2. The number of nitrogens with zero attached hydrogens (tertiary/aromatic N) is 3. The number of para-hydroxylation sites is 2. The van der Waals surface area contributed by atoms with E-state index in [1.807, 2.05) is 18.3 Å². The van der Waals surface area contributed by atoms with Crippen LogP contribution in [0.4, 0.5) is 0 Å². The van der Waals surface area contributed by atoms with Crippen molar-refractivity contribution in [1.82, 2.24) is 9.13 Å². The number of pyridine rings is 1. The van der Waals surface area contributed by atoms with Crippen molar-refractivity contribution >= 4 is 42.3 Å². The Morgan fingerprint density at radius 2 is 0.857 bits per heavy atom. The molecule has 0 bridgehead atoms. The topological polar surface area (TPSA) is 13.7 Å². The molecule has 0 amide bonds. The first kappa shape index (κ1) is 40.4. The molecule has 273 valence electrons. The Balaban J connectivity index is 2.46. The molecule has 2 aromatic carbocycles. The molecular weight excluding hydrogens is 783 g/mol. The van der Waals surface area contributed by atoms with Crippen molar-refractivity contribution in [2.45, 2.75) is 137 Å². The SMILES string of the molecule is CCC(CC)c1cccc(C(CC)CC)c1-n1c(Cl)c(Cl)n(-c2c(C(CC)CC)cccc2C(CC)CC)[c]1=[Pd]([Cl])([Cl])[n+]1ccccc1C. The molecule has 0 aliphatic rings. The summed E-state index contributed by atoms with van der Waals surface area (Å²) in [5, 5.41) is 0.903. The molecule has 49 heavy (non-hydrogen) atoms. The van der Waals surface area contributed by atoms with E-state index in [2.05, 4.69) is 117 Å². The van der Waals surface area contributed by atoms with E-state index in [0.29, 0.717) is 34.0 Å². The molecule has 4 rings (SSSR count). The number of hydrogen-bond donors (Lipinski definition) is 0. The molecule has 4 aromatic rings. The van der Waals surface area contributed by atoms with Gasteiger partial charge in [0.05, 0.1) is 0 Å². The van der Waals surface area contributed by atoms with Crippen LogP contribution in [0.15, 0.2) is 60.8 Å². The van der Waals surface area contributed by atoms with Crippen LogP contribution in [0.3, 0.4) is 0 Å². The van der Waals surface area contributed by atoms with Crippen molar-refractivity contribution in [3.8, 4) is 11.4 Å². The van der Waals surface area contributed by atoms with E-state index in [-0.39, 0.29) is 0 Å². The Labute approximate surface area is 317 Å². The number of aromatic nitrogens is 3. The van der Waals surface area contributed by atoms with Gasteiger partial charge in [0.15, 0.2) is 0 Å². The van der Waals surface area contributed by atoms with Crippen LogP contribution in [0.2, 0.25) is 10.3 Å². The molecule has 0 fully saturated rings. The number of rotatable bonds is 15. The van der Waals surface area contributed by atoms with Crippen molar-refractivity contribution in [1.29, 1.82) is 0 Å². The first-order valence-corrected chi connectivity index (χ1v) is 24.6. The van der Waals surface area contributed by atoms with Crippen molar-refractivity contribution in [3.63, 3.8) is 0 Å². The van der Waals surface area contributed by atoms with Gasteiger partial charge >= 0.3 is 320 Å². The summed E-state index contributed by atoms with van der Waals surface area (Å²) < 4.78 is 7.21. The third-order valence-electron chi connectivity index (χ3n) is 10.6. The molecular formula is C41H57Cl4N3Pd+. The van der Waals surface area contributed by atoms with Crippen LogP contribution in [0.1, 0.15) is 158 Å². The van der Waals surface area contributed by atoms with E-state index in [4.69, 9.17) is 42.3 Å². The van der Waals surface area contributed by atoms with Crippen LogP contribution in [0, 0.1) is 10.8 Å². The van der Waals surface area contributed by atoms with Gasteiger partial charge in [0.2, 0.25) is 0 Å². The summed E-state index contributed by atoms with van der Waals surface area (Å²) in [6.07, 6.45) is 10.1. The van der Waals surface area contributed by atoms with Crippen LogP contribution in [0.25, 0.3) is 11.4 Å². The monoisotopic (exact) mass is 837 g/mol. The molecule has 0 atom stereocenters. The fraction of sp³-hybridized carbons (Fsp3) is 0.512. The summed E-state index contributed by atoms with van der Waals surface area (Å²) in [7, 11) is 16.0. The molecule has 8 heteroatoms. The number of imidazole rings is 1. The quantitative estimate of drug-likeness (QED) is 0.106. The minimum absolute atomic E-state index is 0.328. The molecule has 3 nitrogen and oxygen atoms in total. The van der Waals surface area contributed by atoms with Crippen LogP contribution >= 0.6 is 42.3 Å². The zero-order valence-electron chi connectivity index (χ0n) is 30.9. The number of aryl methyl sites for hydroxylation is 1. The van der Waals surface area contributed by atoms with Gasteiger partial charge in [0, 0.05) is 0 Å². The second-order valence-electron chi connectivity index (χ2n) is 13.1. The summed E-state index contributed by atoms with van der Waals surface area (Å²) in [4.78, 5) is 0. The molecule has 0 aliphatic carbocycles. The minimum atomic E-state index is -3.82. The van der Waals surface area contributed by atoms with E-state index in [1.54, 1.807) is 0 Å². The summed E-state index contributed by atoms with van der Waals surface area (Å²) in [5.41, 5.74) is 8.21. The molecule has 2 aromatic heterocycles. The van der Waals surface area contributed by atoms with Gasteiger partial charge in [-0.1, -0.05) is 0 Å². The third kappa shape index (κ3) is 7.73. The summed E-state index contributed by atoms with van der Waals surface area (Å²) in [5.74, 6) is 1.31. The number of benzene rings is 2. The molecule has 0 N–H and O–H groups in total. The molecule has 2 heterocycles. The van der Waals surface area contributed by atoms with Crippen molar-refractivity contribution < 1.29 is 16.5 Å². The van der Waals surface area contributed by atoms with Crippen LogP contribution < -0.4 is 3.20 Å². The summed E-state index contributed by atoms with van der Waals surface area (Å²) in [6.45, 7) is 20.2. The van der Waals surface area contributed by atoms with Gasteiger partial charge in [-0.2, -0.15) is 0 Å². The normalized spacial score (nSPS) is 12.7. The first-order valence-electron chi connectivity index (χ1n) is 18.3. The Hall–Kier alpha value is -1.38.